The molecular weight excluding hydrogens is 280 g/mol. The molecule has 2 nitrogen and oxygen atoms in total. The van der Waals surface area contributed by atoms with Crippen molar-refractivity contribution < 1.29 is 0 Å². The third kappa shape index (κ3) is 3.97. The van der Waals surface area contributed by atoms with Crippen molar-refractivity contribution >= 4 is 0 Å². The van der Waals surface area contributed by atoms with Gasteiger partial charge in [0.2, 0.25) is 0 Å². The third-order valence-corrected chi connectivity index (χ3v) is 6.40. The fourth-order valence-electron chi connectivity index (χ4n) is 4.68. The molecule has 3 fully saturated rings. The predicted molar refractivity (Wildman–Crippen MR) is 96.5 cm³/mol. The second-order valence-corrected chi connectivity index (χ2v) is 8.54. The second-order valence-electron chi connectivity index (χ2n) is 8.54. The van der Waals surface area contributed by atoms with E-state index < -0.39 is 0 Å². The highest BCUT2D eigenvalue weighted by Gasteiger charge is 2.39. The molecule has 3 aliphatic rings. The summed E-state index contributed by atoms with van der Waals surface area (Å²) in [6.07, 6.45) is 8.72. The molecule has 0 unspecified atom stereocenters. The van der Waals surface area contributed by atoms with Gasteiger partial charge in [0.25, 0.3) is 0 Å². The van der Waals surface area contributed by atoms with Crippen LogP contribution in [0.3, 0.4) is 0 Å². The van der Waals surface area contributed by atoms with Crippen molar-refractivity contribution in [3.63, 3.8) is 0 Å². The van der Waals surface area contributed by atoms with Gasteiger partial charge in [-0.25, -0.2) is 0 Å². The van der Waals surface area contributed by atoms with Gasteiger partial charge in [-0.2, -0.15) is 0 Å². The summed E-state index contributed by atoms with van der Waals surface area (Å²) < 4.78 is 0. The molecular formula is C21H32N2. The van der Waals surface area contributed by atoms with Crippen LogP contribution in [0.4, 0.5) is 0 Å². The molecule has 0 amide bonds. The Bertz CT molecular complexity index is 509. The standard InChI is InChI=1S/C21H32N2/c1-18-3-5-19(6-4-18)16-23-12-2-9-21(17-23)10-13-22(14-11-21)15-20-7-8-20/h3-6,20H,2,7-17H2,1H3. The van der Waals surface area contributed by atoms with Gasteiger partial charge < -0.3 is 4.90 Å². The third-order valence-electron chi connectivity index (χ3n) is 6.40. The van der Waals surface area contributed by atoms with Crippen LogP contribution in [-0.2, 0) is 6.54 Å². The van der Waals surface area contributed by atoms with Crippen molar-refractivity contribution in [2.75, 3.05) is 32.7 Å². The molecule has 2 saturated heterocycles. The van der Waals surface area contributed by atoms with Gasteiger partial charge >= 0.3 is 0 Å². The van der Waals surface area contributed by atoms with E-state index in [9.17, 15) is 0 Å². The van der Waals surface area contributed by atoms with Crippen molar-refractivity contribution in [3.05, 3.63) is 35.4 Å². The quantitative estimate of drug-likeness (QED) is 0.826. The average Bonchev–Trinajstić information content (AvgIpc) is 3.37. The fraction of sp³-hybridized carbons (Fsp3) is 0.714. The molecule has 1 spiro atoms. The molecule has 2 aliphatic heterocycles. The molecule has 1 aromatic rings. The summed E-state index contributed by atoms with van der Waals surface area (Å²) in [4.78, 5) is 5.48. The molecule has 1 saturated carbocycles. The normalized spacial score (nSPS) is 25.8. The van der Waals surface area contributed by atoms with Gasteiger partial charge in [-0.15, -0.1) is 0 Å². The van der Waals surface area contributed by atoms with Gasteiger partial charge in [0.1, 0.15) is 0 Å². The van der Waals surface area contributed by atoms with Gasteiger partial charge in [0.05, 0.1) is 0 Å². The Morgan fingerprint density at radius 3 is 2.39 bits per heavy atom. The van der Waals surface area contributed by atoms with Crippen molar-refractivity contribution in [1.29, 1.82) is 0 Å². The topological polar surface area (TPSA) is 6.48 Å². The number of likely N-dealkylation sites (tertiary alicyclic amines) is 2. The molecule has 0 bridgehead atoms. The van der Waals surface area contributed by atoms with E-state index in [-0.39, 0.29) is 0 Å². The minimum Gasteiger partial charge on any atom is -0.303 e. The largest absolute Gasteiger partial charge is 0.303 e. The van der Waals surface area contributed by atoms with E-state index in [0.717, 1.165) is 12.5 Å². The summed E-state index contributed by atoms with van der Waals surface area (Å²) in [5.74, 6) is 1.05. The molecule has 2 heteroatoms. The first-order valence-electron chi connectivity index (χ1n) is 9.71. The highest BCUT2D eigenvalue weighted by molar-refractivity contribution is 5.21. The number of hydrogen-bond donors (Lipinski definition) is 0. The second kappa shape index (κ2) is 6.57. The number of aryl methyl sites for hydroxylation is 1. The average molecular weight is 313 g/mol. The number of piperidine rings is 2. The Balaban J connectivity index is 1.32. The lowest BCUT2D eigenvalue weighted by atomic mass is 9.72. The van der Waals surface area contributed by atoms with Gasteiger partial charge in [-0.05, 0) is 82.0 Å². The monoisotopic (exact) mass is 312 g/mol. The molecule has 0 radical (unpaired) electrons. The summed E-state index contributed by atoms with van der Waals surface area (Å²) in [5.41, 5.74) is 3.48. The lowest BCUT2D eigenvalue weighted by Gasteiger charge is -2.48. The number of rotatable bonds is 4. The maximum Gasteiger partial charge on any atom is 0.0233 e. The lowest BCUT2D eigenvalue weighted by Crippen LogP contribution is -2.49. The number of benzene rings is 1. The van der Waals surface area contributed by atoms with E-state index in [1.807, 2.05) is 0 Å². The number of hydrogen-bond acceptors (Lipinski definition) is 2. The number of nitrogens with zero attached hydrogens (tertiary/aromatic N) is 2. The SMILES string of the molecule is Cc1ccc(CN2CCCC3(CCN(CC4CC4)CC3)C2)cc1. The van der Waals surface area contributed by atoms with Crippen LogP contribution in [0.5, 0.6) is 0 Å². The van der Waals surface area contributed by atoms with Gasteiger partial charge in [0, 0.05) is 19.6 Å². The molecule has 2 heterocycles. The van der Waals surface area contributed by atoms with E-state index in [4.69, 9.17) is 0 Å². The first-order valence-corrected chi connectivity index (χ1v) is 9.71. The zero-order valence-corrected chi connectivity index (χ0v) is 14.8. The minimum absolute atomic E-state index is 0.628. The highest BCUT2D eigenvalue weighted by Crippen LogP contribution is 2.41. The Kier molecular flexibility index (Phi) is 4.47. The summed E-state index contributed by atoms with van der Waals surface area (Å²) in [6, 6.07) is 9.14. The predicted octanol–water partition coefficient (Wildman–Crippen LogP) is 4.08. The minimum atomic E-state index is 0.628. The maximum atomic E-state index is 2.75. The van der Waals surface area contributed by atoms with Crippen LogP contribution in [0.25, 0.3) is 0 Å². The first kappa shape index (κ1) is 15.7. The van der Waals surface area contributed by atoms with Crippen molar-refractivity contribution in [3.8, 4) is 0 Å². The van der Waals surface area contributed by atoms with Crippen molar-refractivity contribution in [2.24, 2.45) is 11.3 Å². The molecule has 0 N–H and O–H groups in total. The molecule has 0 atom stereocenters. The Hall–Kier alpha value is -0.860. The van der Waals surface area contributed by atoms with Crippen LogP contribution >= 0.6 is 0 Å². The molecule has 1 aliphatic carbocycles. The Morgan fingerprint density at radius 1 is 0.957 bits per heavy atom. The van der Waals surface area contributed by atoms with Crippen LogP contribution < -0.4 is 0 Å². The van der Waals surface area contributed by atoms with E-state index in [1.54, 1.807) is 0 Å². The molecule has 0 aromatic heterocycles. The molecule has 1 aromatic carbocycles. The maximum absolute atomic E-state index is 2.75. The summed E-state index contributed by atoms with van der Waals surface area (Å²) in [5, 5.41) is 0. The van der Waals surface area contributed by atoms with Gasteiger partial charge in [0.15, 0.2) is 0 Å². The zero-order valence-electron chi connectivity index (χ0n) is 14.8. The zero-order chi connectivity index (χ0) is 15.7. The highest BCUT2D eigenvalue weighted by atomic mass is 15.2. The van der Waals surface area contributed by atoms with Crippen LogP contribution in [0.15, 0.2) is 24.3 Å². The summed E-state index contributed by atoms with van der Waals surface area (Å²) >= 11 is 0. The van der Waals surface area contributed by atoms with E-state index in [1.165, 1.54) is 82.4 Å². The Morgan fingerprint density at radius 2 is 1.70 bits per heavy atom. The first-order chi connectivity index (χ1) is 11.2. The van der Waals surface area contributed by atoms with Gasteiger partial charge in [-0.3, -0.25) is 4.90 Å². The molecule has 23 heavy (non-hydrogen) atoms. The van der Waals surface area contributed by atoms with Crippen LogP contribution in [0.2, 0.25) is 0 Å². The van der Waals surface area contributed by atoms with Crippen LogP contribution in [0.1, 0.15) is 49.7 Å². The van der Waals surface area contributed by atoms with Crippen LogP contribution in [0, 0.1) is 18.3 Å². The summed E-state index contributed by atoms with van der Waals surface area (Å²) in [6.45, 7) is 10.1. The van der Waals surface area contributed by atoms with E-state index in [2.05, 4.69) is 41.0 Å². The summed E-state index contributed by atoms with van der Waals surface area (Å²) in [7, 11) is 0. The molecule has 126 valence electrons. The lowest BCUT2D eigenvalue weighted by molar-refractivity contribution is 0.0196. The van der Waals surface area contributed by atoms with Gasteiger partial charge in [-0.1, -0.05) is 29.8 Å². The molecule has 4 rings (SSSR count). The fourth-order valence-corrected chi connectivity index (χ4v) is 4.68. The smallest absolute Gasteiger partial charge is 0.0233 e. The van der Waals surface area contributed by atoms with Crippen LogP contribution in [-0.4, -0.2) is 42.5 Å². The Labute approximate surface area is 141 Å². The van der Waals surface area contributed by atoms with Crippen molar-refractivity contribution in [1.82, 2.24) is 9.80 Å². The van der Waals surface area contributed by atoms with E-state index in [0.29, 0.717) is 5.41 Å². The van der Waals surface area contributed by atoms with E-state index >= 15 is 0 Å². The van der Waals surface area contributed by atoms with Crippen molar-refractivity contribution in [2.45, 2.75) is 52.0 Å².